The van der Waals surface area contributed by atoms with Crippen LogP contribution in [0.4, 0.5) is 0 Å². The molecule has 0 rings (SSSR count). The van der Waals surface area contributed by atoms with Gasteiger partial charge < -0.3 is 16.6 Å². The van der Waals surface area contributed by atoms with Gasteiger partial charge in [-0.25, -0.2) is 4.99 Å². The summed E-state index contributed by atoms with van der Waals surface area (Å²) in [6.45, 7) is 3.33. The molecule has 0 fully saturated rings. The Bertz CT molecular complexity index is 172. The molecular formula is C6H11N3O. The molecule has 0 aromatic carbocycles. The second-order valence-corrected chi connectivity index (χ2v) is 1.67. The van der Waals surface area contributed by atoms with E-state index in [0.29, 0.717) is 5.57 Å². The Balaban J connectivity index is 3.88. The summed E-state index contributed by atoms with van der Waals surface area (Å²) in [6.07, 6.45) is 2.53. The molecule has 0 saturated carbocycles. The predicted molar refractivity (Wildman–Crippen MR) is 41.2 cm³/mol. The van der Waals surface area contributed by atoms with Crippen LogP contribution >= 0.6 is 0 Å². The zero-order valence-electron chi connectivity index (χ0n) is 5.62. The van der Waals surface area contributed by atoms with Crippen LogP contribution in [-0.2, 0) is 0 Å². The van der Waals surface area contributed by atoms with Gasteiger partial charge >= 0.3 is 0 Å². The van der Waals surface area contributed by atoms with Gasteiger partial charge in [-0.3, -0.25) is 0 Å². The fourth-order valence-electron chi connectivity index (χ4n) is 0.250. The maximum absolute atomic E-state index is 8.44. The number of nitrogens with two attached hydrogens (primary N) is 2. The van der Waals surface area contributed by atoms with Gasteiger partial charge in [0.1, 0.15) is 5.82 Å². The van der Waals surface area contributed by atoms with Gasteiger partial charge in [-0.05, 0) is 5.57 Å². The number of aliphatic hydroxyl groups is 1. The van der Waals surface area contributed by atoms with Gasteiger partial charge in [-0.2, -0.15) is 0 Å². The van der Waals surface area contributed by atoms with Gasteiger partial charge in [0.05, 0.1) is 6.61 Å². The largest absolute Gasteiger partial charge is 0.402 e. The topological polar surface area (TPSA) is 84.6 Å². The molecule has 5 N–H and O–H groups in total. The number of hydrogen-bond donors (Lipinski definition) is 3. The lowest BCUT2D eigenvalue weighted by atomic mass is 10.4. The maximum Gasteiger partial charge on any atom is 0.138 e. The van der Waals surface area contributed by atoms with Crippen LogP contribution in [0.15, 0.2) is 29.2 Å². The van der Waals surface area contributed by atoms with Crippen LogP contribution in [-0.4, -0.2) is 17.9 Å². The van der Waals surface area contributed by atoms with Crippen molar-refractivity contribution in [1.82, 2.24) is 0 Å². The SMILES string of the molecule is C=C(/C=N\C(N)=C/N)CO. The van der Waals surface area contributed by atoms with Crippen molar-refractivity contribution >= 4 is 6.21 Å². The van der Waals surface area contributed by atoms with Gasteiger partial charge in [0, 0.05) is 12.4 Å². The Morgan fingerprint density at radius 3 is 2.70 bits per heavy atom. The lowest BCUT2D eigenvalue weighted by Crippen LogP contribution is -1.99. The Labute approximate surface area is 59.6 Å². The first kappa shape index (κ1) is 8.71. The van der Waals surface area contributed by atoms with Crippen molar-refractivity contribution < 1.29 is 5.11 Å². The van der Waals surface area contributed by atoms with E-state index >= 15 is 0 Å². The Kier molecular flexibility index (Phi) is 3.99. The zero-order valence-corrected chi connectivity index (χ0v) is 5.62. The summed E-state index contributed by atoms with van der Waals surface area (Å²) < 4.78 is 0. The number of hydrogen-bond acceptors (Lipinski definition) is 4. The van der Waals surface area contributed by atoms with E-state index in [1.165, 1.54) is 12.4 Å². The number of rotatable bonds is 3. The number of aliphatic imine (C=N–C) groups is 1. The minimum Gasteiger partial charge on any atom is -0.402 e. The quantitative estimate of drug-likeness (QED) is 0.455. The average molecular weight is 141 g/mol. The highest BCUT2D eigenvalue weighted by Gasteiger charge is 1.83. The van der Waals surface area contributed by atoms with Crippen molar-refractivity contribution in [3.8, 4) is 0 Å². The molecule has 0 spiro atoms. The highest BCUT2D eigenvalue weighted by Crippen LogP contribution is 1.85. The molecule has 0 radical (unpaired) electrons. The molecule has 0 bridgehead atoms. The van der Waals surface area contributed by atoms with Gasteiger partial charge in [0.15, 0.2) is 0 Å². The fraction of sp³-hybridized carbons (Fsp3) is 0.167. The van der Waals surface area contributed by atoms with Crippen molar-refractivity contribution in [2.24, 2.45) is 16.5 Å². The van der Waals surface area contributed by atoms with Crippen LogP contribution in [0.25, 0.3) is 0 Å². The monoisotopic (exact) mass is 141 g/mol. The molecule has 0 heterocycles. The molecule has 0 amide bonds. The summed E-state index contributed by atoms with van der Waals surface area (Å²) in [6, 6.07) is 0. The van der Waals surface area contributed by atoms with Crippen molar-refractivity contribution in [1.29, 1.82) is 0 Å². The van der Waals surface area contributed by atoms with E-state index in [0.717, 1.165) is 0 Å². The summed E-state index contributed by atoms with van der Waals surface area (Å²) in [4.78, 5) is 3.64. The Hall–Kier alpha value is -1.29. The summed E-state index contributed by atoms with van der Waals surface area (Å²) in [5.41, 5.74) is 10.7. The third-order valence-electron chi connectivity index (χ3n) is 0.770. The Morgan fingerprint density at radius 1 is 1.70 bits per heavy atom. The standard InChI is InChI=1S/C6H11N3O/c1-5(4-10)3-9-6(8)2-7/h2-3,10H,1,4,7-8H2/b6-2-,9-3-. The first-order valence-corrected chi connectivity index (χ1v) is 2.70. The van der Waals surface area contributed by atoms with E-state index in [9.17, 15) is 0 Å². The van der Waals surface area contributed by atoms with Crippen LogP contribution in [0.1, 0.15) is 0 Å². The van der Waals surface area contributed by atoms with Crippen LogP contribution in [0.2, 0.25) is 0 Å². The third-order valence-corrected chi connectivity index (χ3v) is 0.770. The molecule has 0 unspecified atom stereocenters. The van der Waals surface area contributed by atoms with E-state index in [2.05, 4.69) is 11.6 Å². The van der Waals surface area contributed by atoms with Crippen molar-refractivity contribution in [2.75, 3.05) is 6.61 Å². The fourth-order valence-corrected chi connectivity index (χ4v) is 0.250. The molecule has 56 valence electrons. The molecule has 0 aliphatic carbocycles. The van der Waals surface area contributed by atoms with E-state index in [-0.39, 0.29) is 12.4 Å². The summed E-state index contributed by atoms with van der Waals surface area (Å²) in [5.74, 6) is 0.203. The molecule has 0 aromatic heterocycles. The van der Waals surface area contributed by atoms with Crippen molar-refractivity contribution in [3.05, 3.63) is 24.2 Å². The predicted octanol–water partition coefficient (Wildman–Crippen LogP) is -0.678. The van der Waals surface area contributed by atoms with Crippen LogP contribution in [0.3, 0.4) is 0 Å². The smallest absolute Gasteiger partial charge is 0.138 e. The molecule has 0 atom stereocenters. The van der Waals surface area contributed by atoms with E-state index < -0.39 is 0 Å². The molecule has 4 nitrogen and oxygen atoms in total. The minimum atomic E-state index is -0.124. The highest BCUT2D eigenvalue weighted by atomic mass is 16.3. The number of aliphatic hydroxyl groups excluding tert-OH is 1. The van der Waals surface area contributed by atoms with Crippen LogP contribution < -0.4 is 11.5 Å². The number of nitrogens with zero attached hydrogens (tertiary/aromatic N) is 1. The lowest BCUT2D eigenvalue weighted by Gasteiger charge is -1.90. The van der Waals surface area contributed by atoms with E-state index in [1.807, 2.05) is 0 Å². The molecular weight excluding hydrogens is 130 g/mol. The van der Waals surface area contributed by atoms with Gasteiger partial charge in [-0.15, -0.1) is 0 Å². The Morgan fingerprint density at radius 2 is 2.30 bits per heavy atom. The molecule has 0 aromatic rings. The van der Waals surface area contributed by atoms with Crippen LogP contribution in [0, 0.1) is 0 Å². The zero-order chi connectivity index (χ0) is 7.98. The van der Waals surface area contributed by atoms with E-state index in [4.69, 9.17) is 16.6 Å². The average Bonchev–Trinajstić information content (AvgIpc) is 1.99. The van der Waals surface area contributed by atoms with Crippen molar-refractivity contribution in [3.63, 3.8) is 0 Å². The lowest BCUT2D eigenvalue weighted by molar-refractivity contribution is 0.338. The van der Waals surface area contributed by atoms with Crippen LogP contribution in [0.5, 0.6) is 0 Å². The summed E-state index contributed by atoms with van der Waals surface area (Å²) >= 11 is 0. The van der Waals surface area contributed by atoms with Gasteiger partial charge in [0.25, 0.3) is 0 Å². The normalized spacial score (nSPS) is 12.3. The summed E-state index contributed by atoms with van der Waals surface area (Å²) in [5, 5.41) is 8.44. The van der Waals surface area contributed by atoms with Gasteiger partial charge in [-0.1, -0.05) is 6.58 Å². The first-order valence-electron chi connectivity index (χ1n) is 2.70. The van der Waals surface area contributed by atoms with Crippen molar-refractivity contribution in [2.45, 2.75) is 0 Å². The third kappa shape index (κ3) is 3.68. The minimum absolute atomic E-state index is 0.124. The highest BCUT2D eigenvalue weighted by molar-refractivity contribution is 5.78. The molecule has 10 heavy (non-hydrogen) atoms. The second kappa shape index (κ2) is 4.58. The molecule has 4 heteroatoms. The summed E-state index contributed by atoms with van der Waals surface area (Å²) in [7, 11) is 0. The molecule has 0 aliphatic rings. The van der Waals surface area contributed by atoms with E-state index in [1.54, 1.807) is 0 Å². The van der Waals surface area contributed by atoms with Gasteiger partial charge in [0.2, 0.25) is 0 Å². The second-order valence-electron chi connectivity index (χ2n) is 1.67. The first-order chi connectivity index (χ1) is 4.70. The molecule has 0 saturated heterocycles. The molecule has 0 aliphatic heterocycles. The maximum atomic E-state index is 8.44.